The first-order chi connectivity index (χ1) is 8.03. The Bertz CT molecular complexity index is 177. The summed E-state index contributed by atoms with van der Waals surface area (Å²) in [5.41, 5.74) is 0. The molecule has 0 heterocycles. The van der Waals surface area contributed by atoms with Gasteiger partial charge in [0.1, 0.15) is 17.2 Å². The Labute approximate surface area is 113 Å². The molecule has 0 saturated carbocycles. The molecule has 1 radical (unpaired) electrons. The Kier molecular flexibility index (Phi) is 9.56. The lowest BCUT2D eigenvalue weighted by Crippen LogP contribution is -2.56. The molecule has 0 aromatic heterocycles. The summed E-state index contributed by atoms with van der Waals surface area (Å²) in [6.07, 6.45) is 5.46. The Morgan fingerprint density at radius 2 is 1.35 bits per heavy atom. The molecule has 3 heteroatoms. The Balaban J connectivity index is 4.74. The van der Waals surface area contributed by atoms with Gasteiger partial charge in [0.05, 0.1) is 0 Å². The highest BCUT2D eigenvalue weighted by Gasteiger charge is 2.33. The van der Waals surface area contributed by atoms with Gasteiger partial charge in [-0.05, 0) is 31.1 Å². The van der Waals surface area contributed by atoms with Gasteiger partial charge in [-0.15, -0.1) is 0 Å². The van der Waals surface area contributed by atoms with Crippen molar-refractivity contribution < 1.29 is 0 Å². The third-order valence-corrected chi connectivity index (χ3v) is 12.8. The quantitative estimate of drug-likeness (QED) is 0.499. The van der Waals surface area contributed by atoms with Crippen LogP contribution in [0.2, 0.25) is 31.2 Å². The van der Waals surface area contributed by atoms with E-state index in [2.05, 4.69) is 45.0 Å². The summed E-state index contributed by atoms with van der Waals surface area (Å²) in [5, 5.41) is 0. The van der Waals surface area contributed by atoms with Crippen molar-refractivity contribution in [3.63, 3.8) is 0 Å². The third kappa shape index (κ3) is 6.21. The first-order valence-electron chi connectivity index (χ1n) is 7.65. The highest BCUT2D eigenvalue weighted by Crippen LogP contribution is 2.23. The van der Waals surface area contributed by atoms with Gasteiger partial charge in [-0.2, -0.15) is 0 Å². The van der Waals surface area contributed by atoms with Gasteiger partial charge in [-0.3, -0.25) is 0 Å². The molecule has 0 N–H and O–H groups in total. The number of nitrogens with zero attached hydrogens (tertiary/aromatic N) is 1. The van der Waals surface area contributed by atoms with Crippen LogP contribution in [0.5, 0.6) is 0 Å². The highest BCUT2D eigenvalue weighted by atomic mass is 28.4. The molecule has 0 aromatic rings. The lowest BCUT2D eigenvalue weighted by atomic mass is 10.5. The van der Waals surface area contributed by atoms with Crippen molar-refractivity contribution in [2.75, 3.05) is 6.54 Å². The normalized spacial score (nSPS) is 12.7. The molecule has 0 rings (SSSR count). The summed E-state index contributed by atoms with van der Waals surface area (Å²) in [5.74, 6) is 0. The molecule has 0 aliphatic heterocycles. The maximum absolute atomic E-state index is 3.04. The maximum atomic E-state index is 3.04. The van der Waals surface area contributed by atoms with E-state index < -0.39 is 8.24 Å². The average molecular weight is 273 g/mol. The number of hydrogen-bond donors (Lipinski definition) is 0. The fraction of sp³-hybridized carbons (Fsp3) is 1.00. The van der Waals surface area contributed by atoms with Crippen LogP contribution < -0.4 is 0 Å². The number of hydrogen-bond acceptors (Lipinski definition) is 1. The van der Waals surface area contributed by atoms with Crippen LogP contribution in [-0.2, 0) is 0 Å². The van der Waals surface area contributed by atoms with Crippen molar-refractivity contribution in [2.45, 2.75) is 84.6 Å². The summed E-state index contributed by atoms with van der Waals surface area (Å²) < 4.78 is 3.04. The predicted octanol–water partition coefficient (Wildman–Crippen LogP) is 5.13. The van der Waals surface area contributed by atoms with Gasteiger partial charge < -0.3 is 4.23 Å². The van der Waals surface area contributed by atoms with E-state index in [1.807, 2.05) is 0 Å². The molecule has 0 aromatic carbocycles. The standard InChI is InChI=1S/C14H34NSi2/c1-7-11-15(17(5,6)14-10-4)16(12-8-2)13-9-3/h7-14H2,1-6H3. The average Bonchev–Trinajstić information content (AvgIpc) is 2.25. The van der Waals surface area contributed by atoms with Crippen LogP contribution in [0.4, 0.5) is 0 Å². The molecule has 0 fully saturated rings. The minimum Gasteiger partial charge on any atom is -0.346 e. The van der Waals surface area contributed by atoms with Crippen molar-refractivity contribution in [1.82, 2.24) is 4.23 Å². The Morgan fingerprint density at radius 3 is 1.71 bits per heavy atom. The summed E-state index contributed by atoms with van der Waals surface area (Å²) >= 11 is 0. The molecule has 0 atom stereocenters. The van der Waals surface area contributed by atoms with E-state index in [-0.39, 0.29) is 8.96 Å². The van der Waals surface area contributed by atoms with Gasteiger partial charge in [0.25, 0.3) is 0 Å². The van der Waals surface area contributed by atoms with Crippen molar-refractivity contribution in [3.05, 3.63) is 0 Å². The van der Waals surface area contributed by atoms with E-state index in [0.29, 0.717) is 0 Å². The summed E-state index contributed by atoms with van der Waals surface area (Å²) in [6.45, 7) is 16.0. The molecule has 0 spiro atoms. The van der Waals surface area contributed by atoms with Crippen LogP contribution in [0.25, 0.3) is 0 Å². The summed E-state index contributed by atoms with van der Waals surface area (Å²) in [7, 11) is -1.34. The van der Waals surface area contributed by atoms with Crippen LogP contribution in [-0.4, -0.2) is 28.0 Å². The molecule has 0 bridgehead atoms. The van der Waals surface area contributed by atoms with Gasteiger partial charge in [-0.1, -0.05) is 60.1 Å². The van der Waals surface area contributed by atoms with Crippen LogP contribution in [0.1, 0.15) is 53.4 Å². The van der Waals surface area contributed by atoms with Crippen LogP contribution in [0.3, 0.4) is 0 Å². The minimum atomic E-state index is -1.11. The van der Waals surface area contributed by atoms with Crippen LogP contribution >= 0.6 is 0 Å². The third-order valence-electron chi connectivity index (χ3n) is 3.50. The molecule has 0 aliphatic rings. The van der Waals surface area contributed by atoms with Crippen molar-refractivity contribution in [3.8, 4) is 0 Å². The van der Waals surface area contributed by atoms with Crippen LogP contribution in [0, 0.1) is 0 Å². The molecule has 0 amide bonds. The van der Waals surface area contributed by atoms with Gasteiger partial charge in [-0.25, -0.2) is 0 Å². The lowest BCUT2D eigenvalue weighted by Gasteiger charge is -2.42. The zero-order valence-corrected chi connectivity index (χ0v) is 15.1. The molecule has 1 nitrogen and oxygen atoms in total. The maximum Gasteiger partial charge on any atom is 0.129 e. The fourth-order valence-electron chi connectivity index (χ4n) is 2.83. The second-order valence-corrected chi connectivity index (χ2v) is 13.6. The monoisotopic (exact) mass is 272 g/mol. The van der Waals surface area contributed by atoms with E-state index in [1.165, 1.54) is 50.4 Å². The lowest BCUT2D eigenvalue weighted by molar-refractivity contribution is 0.592. The number of rotatable bonds is 10. The molecule has 0 saturated heterocycles. The second kappa shape index (κ2) is 9.34. The van der Waals surface area contributed by atoms with Crippen LogP contribution in [0.15, 0.2) is 0 Å². The molecular formula is C14H34NSi2. The van der Waals surface area contributed by atoms with E-state index in [9.17, 15) is 0 Å². The van der Waals surface area contributed by atoms with Crippen molar-refractivity contribution in [1.29, 1.82) is 0 Å². The molecule has 103 valence electrons. The zero-order chi connectivity index (χ0) is 13.3. The first-order valence-corrected chi connectivity index (χ1v) is 12.7. The molecule has 17 heavy (non-hydrogen) atoms. The molecule has 0 unspecified atom stereocenters. The van der Waals surface area contributed by atoms with Gasteiger partial charge >= 0.3 is 0 Å². The minimum absolute atomic E-state index is 0.231. The SMILES string of the molecule is CCCN([Si](CCC)CCC)[Si](C)(C)CCC. The zero-order valence-electron chi connectivity index (χ0n) is 13.1. The predicted molar refractivity (Wildman–Crippen MR) is 85.5 cm³/mol. The van der Waals surface area contributed by atoms with Gasteiger partial charge in [0, 0.05) is 0 Å². The highest BCUT2D eigenvalue weighted by molar-refractivity contribution is 6.84. The van der Waals surface area contributed by atoms with E-state index in [1.54, 1.807) is 0 Å². The van der Waals surface area contributed by atoms with Crippen molar-refractivity contribution in [2.24, 2.45) is 0 Å². The first kappa shape index (κ1) is 17.4. The smallest absolute Gasteiger partial charge is 0.129 e. The summed E-state index contributed by atoms with van der Waals surface area (Å²) in [6, 6.07) is 4.48. The van der Waals surface area contributed by atoms with E-state index in [0.717, 1.165) is 0 Å². The van der Waals surface area contributed by atoms with E-state index in [4.69, 9.17) is 0 Å². The van der Waals surface area contributed by atoms with Gasteiger partial charge in [0.2, 0.25) is 0 Å². The Morgan fingerprint density at radius 1 is 0.824 bits per heavy atom. The van der Waals surface area contributed by atoms with Crippen molar-refractivity contribution >= 4 is 17.2 Å². The largest absolute Gasteiger partial charge is 0.346 e. The second-order valence-electron chi connectivity index (χ2n) is 5.78. The van der Waals surface area contributed by atoms with E-state index >= 15 is 0 Å². The Hall–Kier alpha value is 0.394. The fourth-order valence-corrected chi connectivity index (χ4v) is 12.1. The topological polar surface area (TPSA) is 3.24 Å². The van der Waals surface area contributed by atoms with Gasteiger partial charge in [0.15, 0.2) is 0 Å². The molecular weight excluding hydrogens is 238 g/mol. The summed E-state index contributed by atoms with van der Waals surface area (Å²) in [4.78, 5) is 0. The molecule has 0 aliphatic carbocycles.